The highest BCUT2D eigenvalue weighted by Crippen LogP contribution is 2.29. The van der Waals surface area contributed by atoms with Crippen LogP contribution >= 0.6 is 11.6 Å². The van der Waals surface area contributed by atoms with Gasteiger partial charge in [0, 0.05) is 31.8 Å². The summed E-state index contributed by atoms with van der Waals surface area (Å²) in [7, 11) is 1.58. The molecule has 9 heteroatoms. The van der Waals surface area contributed by atoms with Crippen LogP contribution < -0.4 is 20.1 Å². The van der Waals surface area contributed by atoms with Gasteiger partial charge in [-0.25, -0.2) is 4.39 Å². The number of nitro groups is 1. The minimum atomic E-state index is -0.482. The molecule has 168 valence electrons. The van der Waals surface area contributed by atoms with E-state index in [9.17, 15) is 14.5 Å². The first-order chi connectivity index (χ1) is 15.5. The van der Waals surface area contributed by atoms with Crippen LogP contribution in [0.2, 0.25) is 5.02 Å². The predicted molar refractivity (Wildman–Crippen MR) is 122 cm³/mol. The summed E-state index contributed by atoms with van der Waals surface area (Å²) >= 11 is 6.07. The van der Waals surface area contributed by atoms with Gasteiger partial charge in [-0.1, -0.05) is 29.8 Å². The molecule has 0 saturated carbocycles. The van der Waals surface area contributed by atoms with Gasteiger partial charge in [-0.3, -0.25) is 10.1 Å². The van der Waals surface area contributed by atoms with Crippen molar-refractivity contribution in [2.45, 2.75) is 13.2 Å². The summed E-state index contributed by atoms with van der Waals surface area (Å²) in [5.74, 6) is 0.937. The van der Waals surface area contributed by atoms with E-state index in [1.165, 1.54) is 24.3 Å². The first kappa shape index (κ1) is 23.3. The Morgan fingerprint density at radius 2 is 1.75 bits per heavy atom. The quantitative estimate of drug-likeness (QED) is 0.233. The average Bonchev–Trinajstić information content (AvgIpc) is 2.79. The van der Waals surface area contributed by atoms with Crippen molar-refractivity contribution < 1.29 is 18.8 Å². The number of hydrogen-bond donors (Lipinski definition) is 2. The number of rotatable bonds is 11. The number of nitro benzene ring substituents is 1. The molecule has 0 aliphatic rings. The van der Waals surface area contributed by atoms with E-state index in [-0.39, 0.29) is 11.5 Å². The van der Waals surface area contributed by atoms with Crippen LogP contribution in [0.15, 0.2) is 60.7 Å². The van der Waals surface area contributed by atoms with Gasteiger partial charge in [0.1, 0.15) is 12.4 Å². The van der Waals surface area contributed by atoms with E-state index in [4.69, 9.17) is 21.1 Å². The molecule has 0 aliphatic carbocycles. The maximum absolute atomic E-state index is 13.0. The highest BCUT2D eigenvalue weighted by atomic mass is 35.5. The van der Waals surface area contributed by atoms with Gasteiger partial charge in [-0.2, -0.15) is 0 Å². The smallest absolute Gasteiger partial charge is 0.271 e. The van der Waals surface area contributed by atoms with E-state index < -0.39 is 4.92 Å². The van der Waals surface area contributed by atoms with Gasteiger partial charge >= 0.3 is 0 Å². The topological polar surface area (TPSA) is 85.7 Å². The van der Waals surface area contributed by atoms with Crippen molar-refractivity contribution in [1.82, 2.24) is 5.32 Å². The summed E-state index contributed by atoms with van der Waals surface area (Å²) in [6.45, 7) is 2.17. The van der Waals surface area contributed by atoms with Crippen molar-refractivity contribution in [3.05, 3.63) is 92.7 Å². The Hall–Kier alpha value is -3.36. The van der Waals surface area contributed by atoms with Crippen molar-refractivity contribution in [3.63, 3.8) is 0 Å². The molecule has 0 saturated heterocycles. The Bertz CT molecular complexity index is 1060. The van der Waals surface area contributed by atoms with Gasteiger partial charge in [-0.05, 0) is 41.5 Å². The lowest BCUT2D eigenvalue weighted by Gasteiger charge is -2.13. The van der Waals surface area contributed by atoms with Crippen molar-refractivity contribution >= 4 is 23.0 Å². The highest BCUT2D eigenvalue weighted by Gasteiger charge is 2.09. The number of halogens is 2. The zero-order valence-corrected chi connectivity index (χ0v) is 18.2. The number of non-ortho nitro benzene ring substituents is 1. The first-order valence-corrected chi connectivity index (χ1v) is 10.3. The molecule has 0 aliphatic heterocycles. The van der Waals surface area contributed by atoms with E-state index in [2.05, 4.69) is 10.6 Å². The number of benzene rings is 3. The van der Waals surface area contributed by atoms with Crippen LogP contribution in [0.5, 0.6) is 11.5 Å². The summed E-state index contributed by atoms with van der Waals surface area (Å²) < 4.78 is 24.2. The van der Waals surface area contributed by atoms with Crippen LogP contribution in [-0.4, -0.2) is 25.1 Å². The maximum Gasteiger partial charge on any atom is 0.271 e. The van der Waals surface area contributed by atoms with E-state index in [1.807, 2.05) is 18.2 Å². The van der Waals surface area contributed by atoms with Gasteiger partial charge in [0.2, 0.25) is 0 Å². The first-order valence-electron chi connectivity index (χ1n) is 9.89. The number of ether oxygens (including phenoxy) is 2. The van der Waals surface area contributed by atoms with Crippen LogP contribution in [-0.2, 0) is 13.2 Å². The molecule has 3 aromatic rings. The molecule has 0 bridgehead atoms. The third kappa shape index (κ3) is 6.57. The van der Waals surface area contributed by atoms with E-state index >= 15 is 0 Å². The molecular weight excluding hydrogens is 437 g/mol. The zero-order valence-electron chi connectivity index (χ0n) is 17.4. The lowest BCUT2D eigenvalue weighted by Crippen LogP contribution is -2.21. The van der Waals surface area contributed by atoms with Gasteiger partial charge in [0.25, 0.3) is 5.69 Å². The van der Waals surface area contributed by atoms with Crippen LogP contribution in [0.1, 0.15) is 11.1 Å². The van der Waals surface area contributed by atoms with Crippen LogP contribution in [0.25, 0.3) is 0 Å². The van der Waals surface area contributed by atoms with Crippen LogP contribution in [0.4, 0.5) is 15.8 Å². The molecule has 7 nitrogen and oxygen atoms in total. The molecule has 0 atom stereocenters. The van der Waals surface area contributed by atoms with Gasteiger partial charge in [-0.15, -0.1) is 0 Å². The summed E-state index contributed by atoms with van der Waals surface area (Å²) in [4.78, 5) is 10.3. The number of hydrogen-bond acceptors (Lipinski definition) is 6. The third-order valence-corrected chi connectivity index (χ3v) is 4.96. The normalized spacial score (nSPS) is 10.6. The number of anilines is 1. The molecule has 0 spiro atoms. The predicted octanol–water partition coefficient (Wildman–Crippen LogP) is 5.18. The second-order valence-electron chi connectivity index (χ2n) is 6.93. The Morgan fingerprint density at radius 1 is 1.00 bits per heavy atom. The SMILES string of the molecule is COc1cc(CNCCNc2ccc([N+](=O)[O-])cc2Cl)ccc1OCc1ccc(F)cc1. The molecule has 0 fully saturated rings. The maximum atomic E-state index is 13.0. The van der Waals surface area contributed by atoms with Gasteiger partial charge < -0.3 is 20.1 Å². The van der Waals surface area contributed by atoms with Crippen molar-refractivity contribution in [2.75, 3.05) is 25.5 Å². The van der Waals surface area contributed by atoms with Crippen LogP contribution in [0.3, 0.4) is 0 Å². The molecule has 0 heterocycles. The number of nitrogens with one attached hydrogen (secondary N) is 2. The van der Waals surface area contributed by atoms with Gasteiger partial charge in [0.05, 0.1) is 22.7 Å². The second-order valence-corrected chi connectivity index (χ2v) is 7.33. The molecule has 2 N–H and O–H groups in total. The molecule has 3 aromatic carbocycles. The number of nitrogens with zero attached hydrogens (tertiary/aromatic N) is 1. The number of methoxy groups -OCH3 is 1. The fraction of sp³-hybridized carbons (Fsp3) is 0.217. The van der Waals surface area contributed by atoms with Crippen LogP contribution in [0, 0.1) is 15.9 Å². The van der Waals surface area contributed by atoms with E-state index in [1.54, 1.807) is 25.3 Å². The van der Waals surface area contributed by atoms with Crippen molar-refractivity contribution in [1.29, 1.82) is 0 Å². The standard InChI is InChI=1S/C23H23ClFN3O4/c1-31-23-12-17(4-9-22(23)32-15-16-2-5-18(25)6-3-16)14-26-10-11-27-21-8-7-19(28(29)30)13-20(21)24/h2-9,12-13,26-27H,10-11,14-15H2,1H3. The molecule has 0 aromatic heterocycles. The fourth-order valence-electron chi connectivity index (χ4n) is 2.96. The fourth-order valence-corrected chi connectivity index (χ4v) is 3.20. The monoisotopic (exact) mass is 459 g/mol. The minimum Gasteiger partial charge on any atom is -0.493 e. The second kappa shape index (κ2) is 11.3. The molecule has 0 radical (unpaired) electrons. The summed E-state index contributed by atoms with van der Waals surface area (Å²) in [6.07, 6.45) is 0. The Balaban J connectivity index is 1.46. The zero-order chi connectivity index (χ0) is 22.9. The highest BCUT2D eigenvalue weighted by molar-refractivity contribution is 6.33. The third-order valence-electron chi connectivity index (χ3n) is 4.65. The summed E-state index contributed by atoms with van der Waals surface area (Å²) in [5, 5.41) is 17.5. The Labute approximate surface area is 190 Å². The Morgan fingerprint density at radius 3 is 2.44 bits per heavy atom. The van der Waals surface area contributed by atoms with E-state index in [0.717, 1.165) is 11.1 Å². The largest absolute Gasteiger partial charge is 0.493 e. The lowest BCUT2D eigenvalue weighted by molar-refractivity contribution is -0.384. The average molecular weight is 460 g/mol. The Kier molecular flexibility index (Phi) is 8.24. The molecule has 0 unspecified atom stereocenters. The van der Waals surface area contributed by atoms with E-state index in [0.29, 0.717) is 48.5 Å². The minimum absolute atomic E-state index is 0.0438. The van der Waals surface area contributed by atoms with Crippen molar-refractivity contribution in [3.8, 4) is 11.5 Å². The van der Waals surface area contributed by atoms with Crippen molar-refractivity contribution in [2.24, 2.45) is 0 Å². The summed E-state index contributed by atoms with van der Waals surface area (Å²) in [6, 6.07) is 16.2. The molecule has 3 rings (SSSR count). The lowest BCUT2D eigenvalue weighted by atomic mass is 10.2. The van der Waals surface area contributed by atoms with Gasteiger partial charge in [0.15, 0.2) is 11.5 Å². The molecule has 0 amide bonds. The molecular formula is C23H23ClFN3O4. The molecule has 32 heavy (non-hydrogen) atoms. The summed E-state index contributed by atoms with van der Waals surface area (Å²) in [5.41, 5.74) is 2.48.